The average Bonchev–Trinajstić information content (AvgIpc) is 3.39. The van der Waals surface area contributed by atoms with Gasteiger partial charge in [0.05, 0.1) is 4.92 Å². The Kier molecular flexibility index (Phi) is 4.68. The summed E-state index contributed by atoms with van der Waals surface area (Å²) in [5, 5.41) is 14.5. The minimum Gasteiger partial charge on any atom is -0.366 e. The van der Waals surface area contributed by atoms with Gasteiger partial charge in [-0.05, 0) is 37.8 Å². The molecule has 9 heteroatoms. The Morgan fingerprint density at radius 2 is 1.88 bits per heavy atom. The molecule has 0 bridgehead atoms. The lowest BCUT2D eigenvalue weighted by Crippen LogP contribution is -2.45. The van der Waals surface area contributed by atoms with Gasteiger partial charge in [-0.1, -0.05) is 6.07 Å². The van der Waals surface area contributed by atoms with Crippen molar-refractivity contribution in [2.45, 2.75) is 36.6 Å². The Hall–Kier alpha value is -2.16. The normalized spacial score (nSPS) is 18.8. The molecule has 1 amide bonds. The van der Waals surface area contributed by atoms with Crippen LogP contribution in [-0.2, 0) is 14.6 Å². The van der Waals surface area contributed by atoms with E-state index in [-0.39, 0.29) is 28.4 Å². The van der Waals surface area contributed by atoms with Gasteiger partial charge in [0.1, 0.15) is 10.6 Å². The maximum Gasteiger partial charge on any atom is 0.311 e. The predicted molar refractivity (Wildman–Crippen MR) is 92.3 cm³/mol. The van der Waals surface area contributed by atoms with E-state index in [9.17, 15) is 23.3 Å². The van der Waals surface area contributed by atoms with Gasteiger partial charge < -0.3 is 10.2 Å². The van der Waals surface area contributed by atoms with Crippen molar-refractivity contribution in [2.75, 3.05) is 24.2 Å². The molecule has 1 aliphatic heterocycles. The number of nitro benzene ring substituents is 1. The highest BCUT2D eigenvalue weighted by Crippen LogP contribution is 2.36. The second-order valence-electron chi connectivity index (χ2n) is 6.70. The van der Waals surface area contributed by atoms with Crippen LogP contribution in [0.25, 0.3) is 0 Å². The first-order valence-electron chi connectivity index (χ1n) is 8.30. The number of carbonyl (C=O) groups is 1. The molecule has 2 aliphatic rings. The molecule has 1 aromatic carbocycles. The largest absolute Gasteiger partial charge is 0.366 e. The van der Waals surface area contributed by atoms with Gasteiger partial charge in [-0.15, -0.1) is 0 Å². The van der Waals surface area contributed by atoms with Crippen LogP contribution in [0.4, 0.5) is 11.4 Å². The number of sulfone groups is 1. The number of anilines is 1. The van der Waals surface area contributed by atoms with Gasteiger partial charge in [-0.2, -0.15) is 0 Å². The fourth-order valence-electron chi connectivity index (χ4n) is 3.18. The fraction of sp³-hybridized carbons (Fsp3) is 0.562. The van der Waals surface area contributed by atoms with Crippen molar-refractivity contribution < 1.29 is 18.1 Å². The molecule has 0 unspecified atom stereocenters. The molecule has 1 aromatic rings. The summed E-state index contributed by atoms with van der Waals surface area (Å²) >= 11 is 0. The van der Waals surface area contributed by atoms with E-state index in [0.717, 1.165) is 19.1 Å². The first-order chi connectivity index (χ1) is 11.8. The van der Waals surface area contributed by atoms with Crippen LogP contribution in [-0.4, -0.2) is 44.6 Å². The summed E-state index contributed by atoms with van der Waals surface area (Å²) in [7, 11) is -3.69. The molecular formula is C16H21N3O5S. The number of rotatable bonds is 5. The molecule has 25 heavy (non-hydrogen) atoms. The van der Waals surface area contributed by atoms with Crippen LogP contribution in [0, 0.1) is 16.0 Å². The molecule has 1 saturated carbocycles. The topological polar surface area (TPSA) is 110 Å². The molecule has 0 spiro atoms. The second kappa shape index (κ2) is 6.62. The molecule has 1 N–H and O–H groups in total. The van der Waals surface area contributed by atoms with Crippen LogP contribution in [0.3, 0.4) is 0 Å². The maximum absolute atomic E-state index is 11.9. The number of piperidine rings is 1. The van der Waals surface area contributed by atoms with Crippen molar-refractivity contribution in [2.24, 2.45) is 5.92 Å². The average molecular weight is 367 g/mol. The highest BCUT2D eigenvalue weighted by atomic mass is 32.2. The highest BCUT2D eigenvalue weighted by molar-refractivity contribution is 7.90. The van der Waals surface area contributed by atoms with E-state index in [2.05, 4.69) is 5.32 Å². The van der Waals surface area contributed by atoms with Gasteiger partial charge in [0.15, 0.2) is 9.84 Å². The van der Waals surface area contributed by atoms with Gasteiger partial charge in [-0.3, -0.25) is 14.9 Å². The van der Waals surface area contributed by atoms with E-state index in [4.69, 9.17) is 0 Å². The van der Waals surface area contributed by atoms with Gasteiger partial charge in [0.2, 0.25) is 5.91 Å². The number of hydrogen-bond donors (Lipinski definition) is 1. The molecule has 1 aliphatic carbocycles. The van der Waals surface area contributed by atoms with E-state index in [1.54, 1.807) is 6.07 Å². The number of hydrogen-bond acceptors (Lipinski definition) is 6. The second-order valence-corrected chi connectivity index (χ2v) is 8.68. The minimum absolute atomic E-state index is 0.0708. The van der Waals surface area contributed by atoms with Crippen LogP contribution >= 0.6 is 0 Å². The Balaban J connectivity index is 1.76. The molecule has 3 rings (SSSR count). The summed E-state index contributed by atoms with van der Waals surface area (Å²) in [6.45, 7) is 1.06. The lowest BCUT2D eigenvalue weighted by molar-refractivity contribution is -0.387. The third kappa shape index (κ3) is 3.92. The highest BCUT2D eigenvalue weighted by Gasteiger charge is 2.33. The number of benzene rings is 1. The summed E-state index contributed by atoms with van der Waals surface area (Å²) in [5.74, 6) is 0.258. The zero-order valence-corrected chi connectivity index (χ0v) is 14.8. The first kappa shape index (κ1) is 17.7. The molecule has 0 radical (unpaired) electrons. The summed E-state index contributed by atoms with van der Waals surface area (Å²) in [5.41, 5.74) is -0.0506. The molecule has 136 valence electrons. The molecule has 0 aromatic heterocycles. The SMILES string of the molecule is CS(=O)(=O)c1cccc(N2CCC(NC(=O)C3CC3)CC2)c1[N+](=O)[O-]. The number of nitrogens with one attached hydrogen (secondary N) is 1. The van der Waals surface area contributed by atoms with Crippen molar-refractivity contribution >= 4 is 27.1 Å². The molecule has 0 atom stereocenters. The fourth-order valence-corrected chi connectivity index (χ4v) is 4.03. The van der Waals surface area contributed by atoms with Gasteiger partial charge >= 0.3 is 5.69 Å². The van der Waals surface area contributed by atoms with Crippen LogP contribution in [0.1, 0.15) is 25.7 Å². The Morgan fingerprint density at radius 1 is 1.24 bits per heavy atom. The van der Waals surface area contributed by atoms with E-state index in [1.807, 2.05) is 4.90 Å². The monoisotopic (exact) mass is 367 g/mol. The molecule has 1 heterocycles. The number of nitro groups is 1. The maximum atomic E-state index is 11.9. The van der Waals surface area contributed by atoms with Crippen molar-refractivity contribution in [1.29, 1.82) is 0 Å². The zero-order chi connectivity index (χ0) is 18.2. The Labute approximate surface area is 146 Å². The van der Waals surface area contributed by atoms with Crippen molar-refractivity contribution in [3.8, 4) is 0 Å². The van der Waals surface area contributed by atoms with Gasteiger partial charge in [-0.25, -0.2) is 8.42 Å². The third-order valence-corrected chi connectivity index (χ3v) is 5.82. The van der Waals surface area contributed by atoms with Gasteiger partial charge in [0.25, 0.3) is 0 Å². The summed E-state index contributed by atoms with van der Waals surface area (Å²) in [4.78, 5) is 24.3. The summed E-state index contributed by atoms with van der Waals surface area (Å²) < 4.78 is 23.7. The standard InChI is InChI=1S/C16H21N3O5S/c1-25(23,24)14-4-2-3-13(15(14)19(21)22)18-9-7-12(8-10-18)17-16(20)11-5-6-11/h2-4,11-12H,5-10H2,1H3,(H,17,20). The molecular weight excluding hydrogens is 346 g/mol. The van der Waals surface area contributed by atoms with Crippen molar-refractivity contribution in [1.82, 2.24) is 5.32 Å². The first-order valence-corrected chi connectivity index (χ1v) is 10.2. The summed E-state index contributed by atoms with van der Waals surface area (Å²) in [6.07, 6.45) is 4.24. The molecule has 2 fully saturated rings. The van der Waals surface area contributed by atoms with Crippen LogP contribution < -0.4 is 10.2 Å². The van der Waals surface area contributed by atoms with Crippen molar-refractivity contribution in [3.05, 3.63) is 28.3 Å². The van der Waals surface area contributed by atoms with E-state index in [0.29, 0.717) is 31.6 Å². The minimum atomic E-state index is -3.69. The zero-order valence-electron chi connectivity index (χ0n) is 14.0. The van der Waals surface area contributed by atoms with Crippen molar-refractivity contribution in [3.63, 3.8) is 0 Å². The lowest BCUT2D eigenvalue weighted by Gasteiger charge is -2.33. The molecule has 1 saturated heterocycles. The van der Waals surface area contributed by atoms with Gasteiger partial charge in [0, 0.05) is 31.3 Å². The predicted octanol–water partition coefficient (Wildman–Crippen LogP) is 1.49. The number of carbonyl (C=O) groups excluding carboxylic acids is 1. The summed E-state index contributed by atoms with van der Waals surface area (Å²) in [6, 6.07) is 4.44. The van der Waals surface area contributed by atoms with Crippen LogP contribution in [0.2, 0.25) is 0 Å². The Morgan fingerprint density at radius 3 is 2.40 bits per heavy atom. The lowest BCUT2D eigenvalue weighted by atomic mass is 10.0. The van der Waals surface area contributed by atoms with E-state index < -0.39 is 14.8 Å². The van der Waals surface area contributed by atoms with Crippen LogP contribution in [0.15, 0.2) is 23.1 Å². The van der Waals surface area contributed by atoms with E-state index >= 15 is 0 Å². The quantitative estimate of drug-likeness (QED) is 0.624. The molecule has 8 nitrogen and oxygen atoms in total. The van der Waals surface area contributed by atoms with Crippen LogP contribution in [0.5, 0.6) is 0 Å². The number of amides is 1. The third-order valence-electron chi connectivity index (χ3n) is 4.69. The van der Waals surface area contributed by atoms with E-state index in [1.165, 1.54) is 12.1 Å². The Bertz CT molecular complexity index is 796. The number of nitrogens with zero attached hydrogens (tertiary/aromatic N) is 2. The number of para-hydroxylation sites is 1. The smallest absolute Gasteiger partial charge is 0.311 e.